The molecule has 0 aliphatic rings. The van der Waals surface area contributed by atoms with Gasteiger partial charge in [0.25, 0.3) is 0 Å². The number of hydrogen-bond donors (Lipinski definition) is 1. The minimum absolute atomic E-state index is 0.603. The zero-order valence-electron chi connectivity index (χ0n) is 10.7. The quantitative estimate of drug-likeness (QED) is 0.563. The Balaban J connectivity index is 2.20. The van der Waals surface area contributed by atoms with Crippen molar-refractivity contribution in [3.8, 4) is 0 Å². The summed E-state index contributed by atoms with van der Waals surface area (Å²) in [6, 6.07) is 14.3. The largest absolute Gasteiger partial charge is 0.383 e. The van der Waals surface area contributed by atoms with Crippen molar-refractivity contribution >= 4 is 54.0 Å². The van der Waals surface area contributed by atoms with Crippen LogP contribution in [0, 0.1) is 6.92 Å². The molecule has 3 aromatic rings. The Bertz CT molecular complexity index is 760. The van der Waals surface area contributed by atoms with Crippen molar-refractivity contribution in [2.45, 2.75) is 13.0 Å². The van der Waals surface area contributed by atoms with E-state index in [0.717, 1.165) is 35.0 Å². The molecule has 0 fully saturated rings. The van der Waals surface area contributed by atoms with Gasteiger partial charge in [-0.15, -0.1) is 11.3 Å². The molecule has 102 valence electrons. The van der Waals surface area contributed by atoms with Gasteiger partial charge in [0.05, 0.1) is 3.79 Å². The topological polar surface area (TPSA) is 20.2 Å². The van der Waals surface area contributed by atoms with Crippen LogP contribution in [-0.4, -0.2) is 5.11 Å². The summed E-state index contributed by atoms with van der Waals surface area (Å²) in [5, 5.41) is 13.0. The second-order valence-corrected chi connectivity index (χ2v) is 7.95. The maximum absolute atomic E-state index is 10.8. The summed E-state index contributed by atoms with van der Waals surface area (Å²) < 4.78 is 1.99. The van der Waals surface area contributed by atoms with Crippen LogP contribution in [0.5, 0.6) is 0 Å². The van der Waals surface area contributed by atoms with Crippen LogP contribution in [0.15, 0.2) is 50.7 Å². The van der Waals surface area contributed by atoms with Gasteiger partial charge in [0.15, 0.2) is 0 Å². The molecule has 1 N–H and O–H groups in total. The Labute approximate surface area is 138 Å². The second-order valence-electron chi connectivity index (χ2n) is 4.69. The molecule has 0 aliphatic heterocycles. The summed E-state index contributed by atoms with van der Waals surface area (Å²) in [6.45, 7) is 2.04. The third-order valence-electron chi connectivity index (χ3n) is 3.40. The molecule has 0 saturated carbocycles. The predicted molar refractivity (Wildman–Crippen MR) is 92.5 cm³/mol. The normalized spacial score (nSPS) is 12.8. The first-order chi connectivity index (χ1) is 9.58. The van der Waals surface area contributed by atoms with E-state index in [2.05, 4.69) is 56.1 Å². The molecule has 1 unspecified atom stereocenters. The van der Waals surface area contributed by atoms with Gasteiger partial charge in [-0.1, -0.05) is 36.4 Å². The second kappa shape index (κ2) is 5.60. The van der Waals surface area contributed by atoms with Gasteiger partial charge >= 0.3 is 0 Å². The molecule has 1 heterocycles. The molecule has 0 radical (unpaired) electrons. The zero-order valence-corrected chi connectivity index (χ0v) is 14.7. The molecule has 0 saturated heterocycles. The molecule has 3 rings (SSSR count). The summed E-state index contributed by atoms with van der Waals surface area (Å²) in [5.74, 6) is 0. The van der Waals surface area contributed by atoms with E-state index in [1.165, 1.54) is 0 Å². The summed E-state index contributed by atoms with van der Waals surface area (Å²) in [7, 11) is 0. The van der Waals surface area contributed by atoms with Crippen molar-refractivity contribution in [3.63, 3.8) is 0 Å². The molecule has 0 bridgehead atoms. The molecular formula is C16H12Br2OS. The van der Waals surface area contributed by atoms with Gasteiger partial charge in [-0.05, 0) is 66.7 Å². The highest BCUT2D eigenvalue weighted by Crippen LogP contribution is 2.40. The number of aryl methyl sites for hydroxylation is 1. The Morgan fingerprint density at radius 2 is 1.85 bits per heavy atom. The maximum Gasteiger partial charge on any atom is 0.114 e. The molecule has 0 spiro atoms. The number of benzene rings is 2. The molecule has 20 heavy (non-hydrogen) atoms. The first kappa shape index (κ1) is 14.3. The van der Waals surface area contributed by atoms with Crippen LogP contribution in [0.2, 0.25) is 0 Å². The van der Waals surface area contributed by atoms with Crippen molar-refractivity contribution in [2.24, 2.45) is 0 Å². The smallest absolute Gasteiger partial charge is 0.114 e. The number of rotatable bonds is 2. The highest BCUT2D eigenvalue weighted by atomic mass is 79.9. The molecule has 1 aromatic heterocycles. The fourth-order valence-electron chi connectivity index (χ4n) is 2.41. The lowest BCUT2D eigenvalue weighted by atomic mass is 9.95. The van der Waals surface area contributed by atoms with Crippen molar-refractivity contribution in [2.75, 3.05) is 0 Å². The van der Waals surface area contributed by atoms with E-state index < -0.39 is 6.10 Å². The number of thiophene rings is 1. The van der Waals surface area contributed by atoms with Crippen LogP contribution >= 0.6 is 43.2 Å². The Kier molecular flexibility index (Phi) is 4.00. The molecular weight excluding hydrogens is 400 g/mol. The van der Waals surface area contributed by atoms with Crippen molar-refractivity contribution in [3.05, 3.63) is 66.7 Å². The average molecular weight is 412 g/mol. The van der Waals surface area contributed by atoms with E-state index in [1.54, 1.807) is 11.3 Å². The summed E-state index contributed by atoms with van der Waals surface area (Å²) in [4.78, 5) is 0.934. The lowest BCUT2D eigenvalue weighted by Gasteiger charge is -2.15. The van der Waals surface area contributed by atoms with E-state index in [9.17, 15) is 5.11 Å². The monoisotopic (exact) mass is 410 g/mol. The Morgan fingerprint density at radius 3 is 2.55 bits per heavy atom. The van der Waals surface area contributed by atoms with Gasteiger partial charge in [0.1, 0.15) is 6.10 Å². The predicted octanol–water partition coefficient (Wildman–Crippen LogP) is 5.82. The van der Waals surface area contributed by atoms with Crippen molar-refractivity contribution in [1.29, 1.82) is 0 Å². The Morgan fingerprint density at radius 1 is 1.10 bits per heavy atom. The van der Waals surface area contributed by atoms with E-state index >= 15 is 0 Å². The lowest BCUT2D eigenvalue weighted by Crippen LogP contribution is -2.01. The zero-order chi connectivity index (χ0) is 14.3. The summed E-state index contributed by atoms with van der Waals surface area (Å²) in [6.07, 6.45) is -0.603. The minimum Gasteiger partial charge on any atom is -0.383 e. The third-order valence-corrected chi connectivity index (χ3v) is 6.70. The van der Waals surface area contributed by atoms with E-state index in [-0.39, 0.29) is 0 Å². The minimum atomic E-state index is -0.603. The number of fused-ring (bicyclic) bond motifs is 1. The fraction of sp³-hybridized carbons (Fsp3) is 0.125. The average Bonchev–Trinajstić information content (AvgIpc) is 2.78. The van der Waals surface area contributed by atoms with Crippen LogP contribution < -0.4 is 0 Å². The number of hydrogen-bond acceptors (Lipinski definition) is 2. The number of aliphatic hydroxyl groups excluding tert-OH is 1. The van der Waals surface area contributed by atoms with Gasteiger partial charge in [0, 0.05) is 9.35 Å². The van der Waals surface area contributed by atoms with Gasteiger partial charge in [-0.2, -0.15) is 0 Å². The molecule has 1 nitrogen and oxygen atoms in total. The number of aliphatic hydroxyl groups is 1. The lowest BCUT2D eigenvalue weighted by molar-refractivity contribution is 0.225. The van der Waals surface area contributed by atoms with E-state index in [0.29, 0.717) is 0 Å². The third kappa shape index (κ3) is 2.46. The first-order valence-corrected chi connectivity index (χ1v) is 8.59. The first-order valence-electron chi connectivity index (χ1n) is 6.19. The SMILES string of the molecule is Cc1ccc2ccccc2c1C(O)c1cc(Br)c(Br)s1. The van der Waals surface area contributed by atoms with Gasteiger partial charge in [-0.25, -0.2) is 0 Å². The molecule has 4 heteroatoms. The highest BCUT2D eigenvalue weighted by molar-refractivity contribution is 9.13. The van der Waals surface area contributed by atoms with E-state index in [4.69, 9.17) is 0 Å². The molecule has 2 aromatic carbocycles. The van der Waals surface area contributed by atoms with Gasteiger partial charge in [0.2, 0.25) is 0 Å². The van der Waals surface area contributed by atoms with Gasteiger partial charge < -0.3 is 5.11 Å². The standard InChI is InChI=1S/C16H12Br2OS/c1-9-6-7-10-4-2-3-5-11(10)14(9)15(19)13-8-12(17)16(18)20-13/h2-8,15,19H,1H3. The summed E-state index contributed by atoms with van der Waals surface area (Å²) in [5.41, 5.74) is 2.10. The van der Waals surface area contributed by atoms with Crippen LogP contribution in [0.4, 0.5) is 0 Å². The molecule has 0 aliphatic carbocycles. The maximum atomic E-state index is 10.8. The van der Waals surface area contributed by atoms with Crippen LogP contribution in [0.25, 0.3) is 10.8 Å². The van der Waals surface area contributed by atoms with Crippen LogP contribution in [-0.2, 0) is 0 Å². The van der Waals surface area contributed by atoms with Crippen LogP contribution in [0.3, 0.4) is 0 Å². The summed E-state index contributed by atoms with van der Waals surface area (Å²) >= 11 is 8.52. The molecule has 1 atom stereocenters. The molecule has 0 amide bonds. The van der Waals surface area contributed by atoms with Crippen molar-refractivity contribution < 1.29 is 5.11 Å². The van der Waals surface area contributed by atoms with Crippen LogP contribution in [0.1, 0.15) is 22.1 Å². The van der Waals surface area contributed by atoms with Crippen molar-refractivity contribution in [1.82, 2.24) is 0 Å². The Hall–Kier alpha value is -0.680. The fourth-order valence-corrected chi connectivity index (χ4v) is 4.49. The highest BCUT2D eigenvalue weighted by Gasteiger charge is 2.19. The van der Waals surface area contributed by atoms with Gasteiger partial charge in [-0.3, -0.25) is 0 Å². The number of halogens is 2. The van der Waals surface area contributed by atoms with E-state index in [1.807, 2.05) is 25.1 Å².